The van der Waals surface area contributed by atoms with Crippen LogP contribution in [0.5, 0.6) is 0 Å². The van der Waals surface area contributed by atoms with Crippen molar-refractivity contribution < 1.29 is 9.13 Å². The summed E-state index contributed by atoms with van der Waals surface area (Å²) < 4.78 is 13.1. The maximum atomic E-state index is 11.6. The minimum Gasteiger partial charge on any atom is -0.378 e. The van der Waals surface area contributed by atoms with Gasteiger partial charge in [-0.3, -0.25) is 19.2 Å². The standard InChI is InChI=1S/C19H18N8O3S.C2H6/c20-9-16(25-5-7-31(30)8-6-25)13-1-2-17(23-10-13)26-12-14(11-24-26)15-3-4-22-19(21)18(15)27(28)29;1-2/h1-4,10-12,16H,5-8H2,(H2,21,22);1-2H3. The van der Waals surface area contributed by atoms with Gasteiger partial charge >= 0.3 is 5.69 Å². The lowest BCUT2D eigenvalue weighted by Gasteiger charge is -2.30. The van der Waals surface area contributed by atoms with E-state index in [9.17, 15) is 19.6 Å². The van der Waals surface area contributed by atoms with Crippen LogP contribution in [0, 0.1) is 21.4 Å². The maximum absolute atomic E-state index is 11.6. The SMILES string of the molecule is CC.N#CC(c1ccc(-n2cc(-c3ccnc(N)c3[N+](=O)[O-])cn2)nc1)N1CCS(=O)CC1. The molecule has 1 aliphatic rings. The number of nitriles is 1. The molecule has 172 valence electrons. The lowest BCUT2D eigenvalue weighted by molar-refractivity contribution is -0.383. The monoisotopic (exact) mass is 468 g/mol. The average Bonchev–Trinajstić information content (AvgIpc) is 3.32. The van der Waals surface area contributed by atoms with Gasteiger partial charge in [-0.2, -0.15) is 10.4 Å². The molecular formula is C21H24N8O3S. The normalized spacial score (nSPS) is 15.2. The van der Waals surface area contributed by atoms with E-state index in [0.29, 0.717) is 41.5 Å². The second kappa shape index (κ2) is 10.8. The van der Waals surface area contributed by atoms with E-state index in [2.05, 4.69) is 21.1 Å². The molecule has 0 spiro atoms. The van der Waals surface area contributed by atoms with Crippen LogP contribution in [0.3, 0.4) is 0 Å². The molecule has 3 aromatic rings. The van der Waals surface area contributed by atoms with E-state index in [1.165, 1.54) is 23.1 Å². The summed E-state index contributed by atoms with van der Waals surface area (Å²) in [7, 11) is -0.816. The largest absolute Gasteiger partial charge is 0.378 e. The molecule has 0 aliphatic carbocycles. The summed E-state index contributed by atoms with van der Waals surface area (Å²) in [6.45, 7) is 5.20. The molecule has 0 saturated carbocycles. The van der Waals surface area contributed by atoms with E-state index in [-0.39, 0.29) is 11.5 Å². The summed E-state index contributed by atoms with van der Waals surface area (Å²) in [6, 6.07) is 6.87. The highest BCUT2D eigenvalue weighted by Crippen LogP contribution is 2.33. The fourth-order valence-corrected chi connectivity index (χ4v) is 4.53. The smallest absolute Gasteiger partial charge is 0.319 e. The van der Waals surface area contributed by atoms with Crippen molar-refractivity contribution in [1.82, 2.24) is 24.6 Å². The molecule has 0 amide bonds. The van der Waals surface area contributed by atoms with E-state index in [4.69, 9.17) is 5.73 Å². The number of rotatable bonds is 5. The molecule has 0 radical (unpaired) electrons. The van der Waals surface area contributed by atoms with Gasteiger partial charge in [0.15, 0.2) is 5.82 Å². The third-order valence-electron chi connectivity index (χ3n) is 5.05. The minimum atomic E-state index is -0.816. The lowest BCUT2D eigenvalue weighted by Crippen LogP contribution is -2.39. The summed E-state index contributed by atoms with van der Waals surface area (Å²) in [5.74, 6) is 1.45. The Bertz CT molecular complexity index is 1180. The highest BCUT2D eigenvalue weighted by atomic mass is 32.2. The quantitative estimate of drug-likeness (QED) is 0.438. The minimum absolute atomic E-state index is 0.165. The number of pyridine rings is 2. The molecular weight excluding hydrogens is 444 g/mol. The van der Waals surface area contributed by atoms with Crippen LogP contribution in [0.2, 0.25) is 0 Å². The Morgan fingerprint density at radius 1 is 1.21 bits per heavy atom. The van der Waals surface area contributed by atoms with Crippen molar-refractivity contribution in [3.63, 3.8) is 0 Å². The molecule has 12 heteroatoms. The molecule has 4 heterocycles. The molecule has 1 fully saturated rings. The van der Waals surface area contributed by atoms with E-state index in [1.807, 2.05) is 18.7 Å². The van der Waals surface area contributed by atoms with Crippen molar-refractivity contribution in [2.24, 2.45) is 0 Å². The predicted octanol–water partition coefficient (Wildman–Crippen LogP) is 2.47. The molecule has 1 unspecified atom stereocenters. The number of nitrogens with two attached hydrogens (primary N) is 1. The van der Waals surface area contributed by atoms with Gasteiger partial charge in [-0.15, -0.1) is 0 Å². The Balaban J connectivity index is 0.00000149. The van der Waals surface area contributed by atoms with Gasteiger partial charge in [-0.05, 0) is 12.1 Å². The Kier molecular flexibility index (Phi) is 7.81. The first-order valence-electron chi connectivity index (χ1n) is 10.4. The molecule has 1 aliphatic heterocycles. The second-order valence-corrected chi connectivity index (χ2v) is 8.58. The summed E-state index contributed by atoms with van der Waals surface area (Å²) in [6.07, 6.45) is 6.12. The van der Waals surface area contributed by atoms with Gasteiger partial charge in [0.25, 0.3) is 0 Å². The second-order valence-electron chi connectivity index (χ2n) is 6.89. The van der Waals surface area contributed by atoms with Crippen LogP contribution >= 0.6 is 0 Å². The number of nitro groups is 1. The molecule has 4 rings (SSSR count). The average molecular weight is 469 g/mol. The van der Waals surface area contributed by atoms with Crippen molar-refractivity contribution in [3.8, 4) is 23.0 Å². The van der Waals surface area contributed by atoms with Crippen molar-refractivity contribution in [2.75, 3.05) is 30.3 Å². The first-order chi connectivity index (χ1) is 16.0. The molecule has 2 N–H and O–H groups in total. The summed E-state index contributed by atoms with van der Waals surface area (Å²) in [5.41, 5.74) is 6.95. The molecule has 11 nitrogen and oxygen atoms in total. The van der Waals surface area contributed by atoms with Gasteiger partial charge < -0.3 is 5.73 Å². The highest BCUT2D eigenvalue weighted by molar-refractivity contribution is 7.85. The molecule has 1 atom stereocenters. The van der Waals surface area contributed by atoms with Gasteiger partial charge in [0.2, 0.25) is 5.82 Å². The zero-order valence-corrected chi connectivity index (χ0v) is 19.1. The first-order valence-corrected chi connectivity index (χ1v) is 11.9. The maximum Gasteiger partial charge on any atom is 0.319 e. The zero-order chi connectivity index (χ0) is 24.0. The summed E-state index contributed by atoms with van der Waals surface area (Å²) >= 11 is 0. The van der Waals surface area contributed by atoms with Crippen LogP contribution in [0.25, 0.3) is 16.9 Å². The van der Waals surface area contributed by atoms with Gasteiger partial charge in [0.05, 0.1) is 22.8 Å². The van der Waals surface area contributed by atoms with Crippen LogP contribution in [0.4, 0.5) is 11.5 Å². The van der Waals surface area contributed by atoms with E-state index in [1.54, 1.807) is 24.5 Å². The van der Waals surface area contributed by atoms with E-state index in [0.717, 1.165) is 5.56 Å². The molecule has 3 aromatic heterocycles. The van der Waals surface area contributed by atoms with E-state index >= 15 is 0 Å². The number of anilines is 1. The van der Waals surface area contributed by atoms with Crippen LogP contribution in [0.15, 0.2) is 43.0 Å². The van der Waals surface area contributed by atoms with Crippen LogP contribution in [-0.2, 0) is 10.8 Å². The van der Waals surface area contributed by atoms with Crippen molar-refractivity contribution >= 4 is 22.3 Å². The number of aromatic nitrogens is 4. The zero-order valence-electron chi connectivity index (χ0n) is 18.3. The van der Waals surface area contributed by atoms with Crippen LogP contribution in [-0.4, -0.2) is 58.4 Å². The van der Waals surface area contributed by atoms with Crippen molar-refractivity contribution in [3.05, 3.63) is 58.7 Å². The molecule has 0 bridgehead atoms. The molecule has 1 saturated heterocycles. The third-order valence-corrected chi connectivity index (χ3v) is 6.33. The fourth-order valence-electron chi connectivity index (χ4n) is 3.45. The number of nitrogen functional groups attached to an aromatic ring is 1. The molecule has 0 aromatic carbocycles. The Morgan fingerprint density at radius 3 is 2.55 bits per heavy atom. The van der Waals surface area contributed by atoms with Crippen molar-refractivity contribution in [1.29, 1.82) is 5.26 Å². The Hall–Kier alpha value is -3.69. The number of hydrogen-bond donors (Lipinski definition) is 1. The van der Waals surface area contributed by atoms with Crippen LogP contribution < -0.4 is 5.73 Å². The van der Waals surface area contributed by atoms with Gasteiger partial charge in [0.1, 0.15) is 6.04 Å². The van der Waals surface area contributed by atoms with Gasteiger partial charge in [0, 0.05) is 65.1 Å². The Labute approximate surface area is 193 Å². The van der Waals surface area contributed by atoms with Gasteiger partial charge in [-0.1, -0.05) is 19.9 Å². The summed E-state index contributed by atoms with van der Waals surface area (Å²) in [4.78, 5) is 21.0. The molecule has 33 heavy (non-hydrogen) atoms. The van der Waals surface area contributed by atoms with Gasteiger partial charge in [-0.25, -0.2) is 14.6 Å². The van der Waals surface area contributed by atoms with Crippen molar-refractivity contribution in [2.45, 2.75) is 19.9 Å². The summed E-state index contributed by atoms with van der Waals surface area (Å²) in [5, 5.41) is 25.2. The topological polar surface area (TPSA) is 157 Å². The lowest BCUT2D eigenvalue weighted by atomic mass is 10.1. The number of hydrogen-bond acceptors (Lipinski definition) is 9. The third kappa shape index (κ3) is 5.21. The number of nitrogens with zero attached hydrogens (tertiary/aromatic N) is 7. The first kappa shape index (κ1) is 24.0. The predicted molar refractivity (Wildman–Crippen MR) is 125 cm³/mol. The fraction of sp³-hybridized carbons (Fsp3) is 0.333. The highest BCUT2D eigenvalue weighted by Gasteiger charge is 2.25. The van der Waals surface area contributed by atoms with E-state index < -0.39 is 21.8 Å². The van der Waals surface area contributed by atoms with Crippen LogP contribution in [0.1, 0.15) is 25.5 Å². The Morgan fingerprint density at radius 2 is 1.94 bits per heavy atom.